The second-order valence-electron chi connectivity index (χ2n) is 13.5. The van der Waals surface area contributed by atoms with Crippen molar-refractivity contribution >= 4 is 68.8 Å². The van der Waals surface area contributed by atoms with Gasteiger partial charge < -0.3 is 25.4 Å². The van der Waals surface area contributed by atoms with Crippen molar-refractivity contribution in [2.45, 2.75) is 66.0 Å². The number of nitrogens with zero attached hydrogens (tertiary/aromatic N) is 4. The van der Waals surface area contributed by atoms with Crippen LogP contribution in [0.4, 0.5) is 43.7 Å². The Balaban J connectivity index is 1.49. The van der Waals surface area contributed by atoms with Gasteiger partial charge in [0.05, 0.1) is 60.4 Å². The molecule has 50 heavy (non-hydrogen) atoms. The molecule has 0 saturated carbocycles. The van der Waals surface area contributed by atoms with Crippen LogP contribution < -0.4 is 20.9 Å². The number of carbonyl (C=O) groups is 1. The highest BCUT2D eigenvalue weighted by atomic mass is 35.5. The molecule has 0 aliphatic carbocycles. The van der Waals surface area contributed by atoms with Crippen molar-refractivity contribution in [3.8, 4) is 0 Å². The molecule has 0 bridgehead atoms. The Morgan fingerprint density at radius 3 is 2.32 bits per heavy atom. The normalized spacial score (nSPS) is 14.9. The summed E-state index contributed by atoms with van der Waals surface area (Å²) in [6.07, 6.45) is -9.39. The highest BCUT2D eigenvalue weighted by Crippen LogP contribution is 2.40. The zero-order chi connectivity index (χ0) is 36.8. The van der Waals surface area contributed by atoms with E-state index in [-0.39, 0.29) is 46.8 Å². The van der Waals surface area contributed by atoms with E-state index in [0.717, 1.165) is 23.4 Å². The molecule has 5 rings (SSSR count). The zero-order valence-electron chi connectivity index (χ0n) is 28.0. The summed E-state index contributed by atoms with van der Waals surface area (Å²) in [7, 11) is 1.72. The summed E-state index contributed by atoms with van der Waals surface area (Å²) in [6, 6.07) is 6.68. The van der Waals surface area contributed by atoms with E-state index in [4.69, 9.17) is 23.2 Å². The maximum atomic E-state index is 13.7. The summed E-state index contributed by atoms with van der Waals surface area (Å²) in [5, 5.41) is 10.1. The topological polar surface area (TPSA) is 87.1 Å². The van der Waals surface area contributed by atoms with Gasteiger partial charge in [0.2, 0.25) is 5.95 Å². The molecule has 1 aliphatic heterocycles. The van der Waals surface area contributed by atoms with Crippen molar-refractivity contribution in [1.82, 2.24) is 25.2 Å². The summed E-state index contributed by atoms with van der Waals surface area (Å²) >= 11 is 14.2. The third kappa shape index (κ3) is 8.60. The van der Waals surface area contributed by atoms with Crippen LogP contribution in [-0.4, -0.2) is 46.3 Å². The molecule has 17 heteroatoms. The minimum absolute atomic E-state index is 0.0203. The van der Waals surface area contributed by atoms with Crippen LogP contribution in [0.1, 0.15) is 65.1 Å². The second-order valence-corrected chi connectivity index (χ2v) is 15.6. The van der Waals surface area contributed by atoms with Crippen molar-refractivity contribution < 1.29 is 31.1 Å². The molecular formula is C33H37Cl2F6N7OS. The number of hydrogen-bond donors (Lipinski definition) is 3. The van der Waals surface area contributed by atoms with E-state index >= 15 is 0 Å². The zero-order valence-corrected chi connectivity index (χ0v) is 30.3. The fourth-order valence-corrected chi connectivity index (χ4v) is 7.26. The molecule has 3 heterocycles. The van der Waals surface area contributed by atoms with E-state index in [9.17, 15) is 31.1 Å². The number of halogens is 8. The number of fused-ring (bicyclic) bond motifs is 1. The number of nitrogens with one attached hydrogen (secondary N) is 3. The molecule has 0 radical (unpaired) electrons. The maximum absolute atomic E-state index is 13.7. The summed E-state index contributed by atoms with van der Waals surface area (Å²) in [5.74, 6) is -1.87. The van der Waals surface area contributed by atoms with Gasteiger partial charge in [-0.05, 0) is 48.9 Å². The number of amides is 1. The van der Waals surface area contributed by atoms with Crippen LogP contribution in [0, 0.1) is 18.3 Å². The fourth-order valence-electron chi connectivity index (χ4n) is 5.83. The maximum Gasteiger partial charge on any atom is 0.434 e. The van der Waals surface area contributed by atoms with Crippen LogP contribution in [0.5, 0.6) is 0 Å². The summed E-state index contributed by atoms with van der Waals surface area (Å²) in [6.45, 7) is 8.60. The Kier molecular flexibility index (Phi) is 10.9. The van der Waals surface area contributed by atoms with Gasteiger partial charge in [0, 0.05) is 33.2 Å². The number of piperidine rings is 1. The van der Waals surface area contributed by atoms with Crippen molar-refractivity contribution in [1.29, 1.82) is 0 Å². The third-order valence-corrected chi connectivity index (χ3v) is 10.1. The van der Waals surface area contributed by atoms with Gasteiger partial charge in [-0.25, -0.2) is 9.97 Å². The molecule has 3 N–H and O–H groups in total. The molecule has 272 valence electrons. The molecular weight excluding hydrogens is 727 g/mol. The van der Waals surface area contributed by atoms with Crippen LogP contribution in [0.15, 0.2) is 24.3 Å². The Hall–Kier alpha value is -3.27. The van der Waals surface area contributed by atoms with Crippen molar-refractivity contribution in [3.05, 3.63) is 61.0 Å². The quantitative estimate of drug-likeness (QED) is 0.148. The molecule has 2 aromatic carbocycles. The lowest BCUT2D eigenvalue weighted by Crippen LogP contribution is -2.40. The predicted molar refractivity (Wildman–Crippen MR) is 186 cm³/mol. The van der Waals surface area contributed by atoms with Gasteiger partial charge in [0.25, 0.3) is 5.91 Å². The van der Waals surface area contributed by atoms with Crippen LogP contribution in [0.25, 0.3) is 11.0 Å². The van der Waals surface area contributed by atoms with E-state index in [1.807, 2.05) is 6.07 Å². The van der Waals surface area contributed by atoms with Gasteiger partial charge in [0.1, 0.15) is 0 Å². The van der Waals surface area contributed by atoms with Gasteiger partial charge in [0.15, 0.2) is 5.69 Å². The van der Waals surface area contributed by atoms with Crippen LogP contribution in [-0.2, 0) is 26.3 Å². The Bertz CT molecular complexity index is 1880. The largest absolute Gasteiger partial charge is 0.434 e. The van der Waals surface area contributed by atoms with Crippen molar-refractivity contribution in [3.63, 3.8) is 0 Å². The van der Waals surface area contributed by atoms with Crippen molar-refractivity contribution in [2.75, 3.05) is 29.9 Å². The average Bonchev–Trinajstić information content (AvgIpc) is 3.56. The summed E-state index contributed by atoms with van der Waals surface area (Å²) in [5.41, 5.74) is 1.50. The SMILES string of the molecule is Cc1nc(C(F)(F)F)c(CNC(=O)c2cc3nc(Nc4c(Cl)ccc(CNCC(C)(C)C)c4Cl)n(C)c3cc2N2CCC(C(F)(F)F)CC2)s1. The van der Waals surface area contributed by atoms with E-state index in [1.54, 1.807) is 28.6 Å². The Morgan fingerprint density at radius 1 is 1.02 bits per heavy atom. The third-order valence-electron chi connectivity index (χ3n) is 8.40. The van der Waals surface area contributed by atoms with Gasteiger partial charge in [-0.3, -0.25) is 4.79 Å². The van der Waals surface area contributed by atoms with E-state index in [2.05, 4.69) is 46.7 Å². The minimum atomic E-state index is -4.71. The number of rotatable bonds is 9. The van der Waals surface area contributed by atoms with Crippen LogP contribution >= 0.6 is 34.5 Å². The van der Waals surface area contributed by atoms with Gasteiger partial charge in [-0.1, -0.05) is 50.0 Å². The van der Waals surface area contributed by atoms with Crippen molar-refractivity contribution in [2.24, 2.45) is 18.4 Å². The first-order valence-corrected chi connectivity index (χ1v) is 17.4. The number of carbonyl (C=O) groups excluding carboxylic acids is 1. The summed E-state index contributed by atoms with van der Waals surface area (Å²) in [4.78, 5) is 23.4. The monoisotopic (exact) mass is 763 g/mol. The van der Waals surface area contributed by atoms with Gasteiger partial charge in [-0.15, -0.1) is 11.3 Å². The lowest BCUT2D eigenvalue weighted by molar-refractivity contribution is -0.179. The number of benzene rings is 2. The lowest BCUT2D eigenvalue weighted by Gasteiger charge is -2.35. The minimum Gasteiger partial charge on any atom is -0.371 e. The number of hydrogen-bond acceptors (Lipinski definition) is 7. The van der Waals surface area contributed by atoms with E-state index < -0.39 is 36.4 Å². The molecule has 0 unspecified atom stereocenters. The molecule has 1 saturated heterocycles. The first kappa shape index (κ1) is 38.0. The van der Waals surface area contributed by atoms with E-state index in [1.165, 1.54) is 13.0 Å². The molecule has 0 spiro atoms. The number of thiazole rings is 1. The molecule has 0 atom stereocenters. The molecule has 4 aromatic rings. The van der Waals surface area contributed by atoms with Gasteiger partial charge in [-0.2, -0.15) is 26.3 Å². The number of aryl methyl sites for hydroxylation is 2. The summed E-state index contributed by atoms with van der Waals surface area (Å²) < 4.78 is 82.9. The smallest absolute Gasteiger partial charge is 0.371 e. The average molecular weight is 765 g/mol. The fraction of sp³-hybridized carbons (Fsp3) is 0.485. The molecule has 1 aliphatic rings. The van der Waals surface area contributed by atoms with E-state index in [0.29, 0.717) is 44.9 Å². The number of imidazole rings is 1. The second kappa shape index (κ2) is 14.4. The molecule has 1 amide bonds. The Morgan fingerprint density at radius 2 is 1.70 bits per heavy atom. The van der Waals surface area contributed by atoms with Gasteiger partial charge >= 0.3 is 12.4 Å². The van der Waals surface area contributed by atoms with Crippen LogP contribution in [0.2, 0.25) is 10.0 Å². The van der Waals surface area contributed by atoms with Crippen LogP contribution in [0.3, 0.4) is 0 Å². The standard InChI is InChI=1S/C33H37Cl2F6N7OS/c1-17-44-28(33(39,40)41)25(50-17)15-43-29(49)20-12-22-24(13-23(20)48-10-8-19(9-11-48)32(36,37)38)47(5)30(45-22)46-27-21(34)7-6-18(26(27)35)14-42-16-31(2,3)4/h6-7,12-13,19,42H,8-11,14-16H2,1-5H3,(H,43,49)(H,45,46). The molecule has 2 aromatic heterocycles. The number of anilines is 3. The number of aromatic nitrogens is 3. The Labute approximate surface area is 299 Å². The molecule has 8 nitrogen and oxygen atoms in total. The first-order chi connectivity index (χ1) is 23.2. The molecule has 1 fully saturated rings. The highest BCUT2D eigenvalue weighted by Gasteiger charge is 2.42. The lowest BCUT2D eigenvalue weighted by atomic mass is 9.95. The number of alkyl halides is 6. The highest BCUT2D eigenvalue weighted by molar-refractivity contribution is 7.11. The first-order valence-electron chi connectivity index (χ1n) is 15.8. The predicted octanol–water partition coefficient (Wildman–Crippen LogP) is 9.25.